The zero-order valence-electron chi connectivity index (χ0n) is 19.3. The molecule has 4 rings (SSSR count). The largest absolute Gasteiger partial charge is 0.439 e. The zero-order chi connectivity index (χ0) is 22.7. The highest BCUT2D eigenvalue weighted by atomic mass is 16.5. The highest BCUT2D eigenvalue weighted by Crippen LogP contribution is 2.34. The first kappa shape index (κ1) is 21.9. The van der Waals surface area contributed by atoms with Crippen LogP contribution >= 0.6 is 0 Å². The van der Waals surface area contributed by atoms with Gasteiger partial charge in [0.1, 0.15) is 5.75 Å². The Morgan fingerprint density at radius 1 is 1.09 bits per heavy atom. The van der Waals surface area contributed by atoms with Crippen LogP contribution in [0.3, 0.4) is 0 Å². The third-order valence-corrected chi connectivity index (χ3v) is 5.39. The van der Waals surface area contributed by atoms with E-state index in [1.165, 1.54) is 12.8 Å². The van der Waals surface area contributed by atoms with Crippen molar-refractivity contribution in [2.24, 2.45) is 5.92 Å². The number of hydrogen-bond acceptors (Lipinski definition) is 3. The number of nitrogens with zero attached hydrogens (tertiary/aromatic N) is 3. The number of aryl methyl sites for hydroxylation is 1. The molecule has 0 aliphatic heterocycles. The highest BCUT2D eigenvalue weighted by molar-refractivity contribution is 5.75. The Morgan fingerprint density at radius 2 is 1.72 bits per heavy atom. The van der Waals surface area contributed by atoms with Crippen LogP contribution in [0, 0.1) is 12.8 Å². The predicted octanol–water partition coefficient (Wildman–Crippen LogP) is 5.69. The molecular formula is C26H32N4O2. The van der Waals surface area contributed by atoms with Gasteiger partial charge in [0.15, 0.2) is 0 Å². The van der Waals surface area contributed by atoms with Gasteiger partial charge in [0.2, 0.25) is 5.88 Å². The fourth-order valence-electron chi connectivity index (χ4n) is 3.59. The molecule has 32 heavy (non-hydrogen) atoms. The maximum atomic E-state index is 13.1. The summed E-state index contributed by atoms with van der Waals surface area (Å²) in [5.74, 6) is 1.95. The average molecular weight is 433 g/mol. The molecule has 0 radical (unpaired) electrons. The smallest absolute Gasteiger partial charge is 0.318 e. The van der Waals surface area contributed by atoms with Crippen LogP contribution < -0.4 is 10.1 Å². The molecule has 1 heterocycles. The van der Waals surface area contributed by atoms with E-state index in [9.17, 15) is 4.79 Å². The number of nitrogens with one attached hydrogen (secondary N) is 1. The van der Waals surface area contributed by atoms with Crippen LogP contribution in [0.4, 0.5) is 4.79 Å². The first-order valence-corrected chi connectivity index (χ1v) is 11.2. The molecule has 0 atom stereocenters. The molecule has 2 aromatic carbocycles. The van der Waals surface area contributed by atoms with Crippen molar-refractivity contribution in [1.29, 1.82) is 0 Å². The fourth-order valence-corrected chi connectivity index (χ4v) is 3.59. The van der Waals surface area contributed by atoms with E-state index in [4.69, 9.17) is 9.84 Å². The van der Waals surface area contributed by atoms with Crippen LogP contribution in [0.25, 0.3) is 5.69 Å². The highest BCUT2D eigenvalue weighted by Gasteiger charge is 2.30. The van der Waals surface area contributed by atoms with E-state index in [2.05, 4.69) is 5.32 Å². The van der Waals surface area contributed by atoms with E-state index >= 15 is 0 Å². The van der Waals surface area contributed by atoms with E-state index in [-0.39, 0.29) is 11.6 Å². The monoisotopic (exact) mass is 432 g/mol. The average Bonchev–Trinajstić information content (AvgIpc) is 3.52. The molecule has 2 amide bonds. The first-order chi connectivity index (χ1) is 15.3. The molecule has 1 aliphatic rings. The molecule has 1 N–H and O–H groups in total. The standard InChI is InChI=1S/C26H32N4O2/c1-19-23(18-29(17-20-15-16-20)25(31)27-26(2,3)4)24(32-22-13-9-6-10-14-22)30(28-19)21-11-7-5-8-12-21/h5-14,20H,15-18H2,1-4H3,(H,27,31). The number of urea groups is 1. The molecule has 6 nitrogen and oxygen atoms in total. The van der Waals surface area contributed by atoms with E-state index in [1.807, 2.05) is 97.9 Å². The topological polar surface area (TPSA) is 59.4 Å². The summed E-state index contributed by atoms with van der Waals surface area (Å²) < 4.78 is 8.19. The molecule has 0 spiro atoms. The SMILES string of the molecule is Cc1nn(-c2ccccc2)c(Oc2ccccc2)c1CN(CC1CC1)C(=O)NC(C)(C)C. The van der Waals surface area contributed by atoms with Gasteiger partial charge in [-0.3, -0.25) is 0 Å². The van der Waals surface area contributed by atoms with Crippen molar-refractivity contribution in [2.75, 3.05) is 6.54 Å². The third kappa shape index (κ3) is 5.49. The predicted molar refractivity (Wildman–Crippen MR) is 126 cm³/mol. The van der Waals surface area contributed by atoms with E-state index in [1.54, 1.807) is 0 Å². The van der Waals surface area contributed by atoms with Gasteiger partial charge < -0.3 is 15.0 Å². The van der Waals surface area contributed by atoms with Crippen LogP contribution in [0.15, 0.2) is 60.7 Å². The summed E-state index contributed by atoms with van der Waals surface area (Å²) in [6.45, 7) is 9.17. The van der Waals surface area contributed by atoms with Gasteiger partial charge in [-0.1, -0.05) is 36.4 Å². The minimum atomic E-state index is -0.300. The van der Waals surface area contributed by atoms with Crippen molar-refractivity contribution in [3.8, 4) is 17.3 Å². The van der Waals surface area contributed by atoms with E-state index in [0.29, 0.717) is 18.3 Å². The van der Waals surface area contributed by atoms with Crippen molar-refractivity contribution in [2.45, 2.75) is 52.6 Å². The minimum absolute atomic E-state index is 0.0538. The molecule has 1 fully saturated rings. The number of benzene rings is 2. The summed E-state index contributed by atoms with van der Waals surface area (Å²) in [4.78, 5) is 15.0. The van der Waals surface area contributed by atoms with Crippen LogP contribution in [-0.4, -0.2) is 32.8 Å². The van der Waals surface area contributed by atoms with Gasteiger partial charge in [0.05, 0.1) is 23.5 Å². The van der Waals surface area contributed by atoms with Crippen molar-refractivity contribution >= 4 is 6.03 Å². The van der Waals surface area contributed by atoms with Gasteiger partial charge in [0, 0.05) is 12.1 Å². The minimum Gasteiger partial charge on any atom is -0.439 e. The van der Waals surface area contributed by atoms with E-state index in [0.717, 1.165) is 29.2 Å². The van der Waals surface area contributed by atoms with Crippen LogP contribution in [0.5, 0.6) is 11.6 Å². The second-order valence-electron chi connectivity index (χ2n) is 9.54. The molecule has 0 bridgehead atoms. The molecule has 168 valence electrons. The number of ether oxygens (including phenoxy) is 1. The lowest BCUT2D eigenvalue weighted by Gasteiger charge is -2.28. The fraction of sp³-hybridized carbons (Fsp3) is 0.385. The lowest BCUT2D eigenvalue weighted by atomic mass is 10.1. The maximum Gasteiger partial charge on any atom is 0.318 e. The lowest BCUT2D eigenvalue weighted by Crippen LogP contribution is -2.48. The van der Waals surface area contributed by atoms with Crippen molar-refractivity contribution in [3.05, 3.63) is 71.9 Å². The molecule has 0 unspecified atom stereocenters. The van der Waals surface area contributed by atoms with Crippen molar-refractivity contribution in [1.82, 2.24) is 20.0 Å². The van der Waals surface area contributed by atoms with Crippen molar-refractivity contribution < 1.29 is 9.53 Å². The van der Waals surface area contributed by atoms with Crippen molar-refractivity contribution in [3.63, 3.8) is 0 Å². The Hall–Kier alpha value is -3.28. The Kier molecular flexibility index (Phi) is 6.21. The summed E-state index contributed by atoms with van der Waals surface area (Å²) in [5, 5.41) is 7.91. The Morgan fingerprint density at radius 3 is 2.31 bits per heavy atom. The Balaban J connectivity index is 1.71. The number of para-hydroxylation sites is 2. The number of carbonyl (C=O) groups is 1. The summed E-state index contributed by atoms with van der Waals surface area (Å²) in [7, 11) is 0. The molecule has 0 saturated heterocycles. The van der Waals surface area contributed by atoms with Gasteiger partial charge >= 0.3 is 6.03 Å². The van der Waals surface area contributed by atoms with Gasteiger partial charge in [-0.2, -0.15) is 5.10 Å². The molecule has 3 aromatic rings. The number of amides is 2. The third-order valence-electron chi connectivity index (χ3n) is 5.39. The summed E-state index contributed by atoms with van der Waals surface area (Å²) in [6, 6.07) is 19.6. The number of rotatable bonds is 7. The quantitative estimate of drug-likeness (QED) is 0.521. The zero-order valence-corrected chi connectivity index (χ0v) is 19.3. The van der Waals surface area contributed by atoms with Gasteiger partial charge in [-0.05, 0) is 70.7 Å². The first-order valence-electron chi connectivity index (χ1n) is 11.2. The Labute approximate surface area is 190 Å². The summed E-state index contributed by atoms with van der Waals surface area (Å²) in [6.07, 6.45) is 2.35. The Bertz CT molecular complexity index is 1050. The summed E-state index contributed by atoms with van der Waals surface area (Å²) >= 11 is 0. The molecule has 1 saturated carbocycles. The van der Waals surface area contributed by atoms with Gasteiger partial charge in [-0.25, -0.2) is 9.48 Å². The molecular weight excluding hydrogens is 400 g/mol. The van der Waals surface area contributed by atoms with Gasteiger partial charge in [-0.15, -0.1) is 0 Å². The maximum absolute atomic E-state index is 13.1. The lowest BCUT2D eigenvalue weighted by molar-refractivity contribution is 0.183. The normalized spacial score (nSPS) is 13.6. The van der Waals surface area contributed by atoms with E-state index < -0.39 is 0 Å². The number of carbonyl (C=O) groups excluding carboxylic acids is 1. The van der Waals surface area contributed by atoms with Crippen LogP contribution in [0.2, 0.25) is 0 Å². The summed E-state index contributed by atoms with van der Waals surface area (Å²) in [5.41, 5.74) is 2.39. The second kappa shape index (κ2) is 9.07. The number of hydrogen-bond donors (Lipinski definition) is 1. The van der Waals surface area contributed by atoms with Crippen LogP contribution in [-0.2, 0) is 6.54 Å². The molecule has 1 aliphatic carbocycles. The number of aromatic nitrogens is 2. The molecule has 6 heteroatoms. The van der Waals surface area contributed by atoms with Gasteiger partial charge in [0.25, 0.3) is 0 Å². The molecule has 1 aromatic heterocycles. The second-order valence-corrected chi connectivity index (χ2v) is 9.54. The van der Waals surface area contributed by atoms with Crippen LogP contribution in [0.1, 0.15) is 44.9 Å².